The largest absolute Gasteiger partial charge is 0.306 e. The van der Waals surface area contributed by atoms with Crippen LogP contribution in [0.2, 0.25) is 0 Å². The molecule has 0 saturated carbocycles. The molecule has 0 aliphatic carbocycles. The first-order chi connectivity index (χ1) is 9.65. The summed E-state index contributed by atoms with van der Waals surface area (Å²) in [4.78, 5) is 3.95. The second-order valence-electron chi connectivity index (χ2n) is 4.76. The van der Waals surface area contributed by atoms with Gasteiger partial charge in [-0.3, -0.25) is 4.98 Å². The second-order valence-corrected chi connectivity index (χ2v) is 4.76. The minimum atomic E-state index is -0.529. The highest BCUT2D eigenvalue weighted by molar-refractivity contribution is 5.35. The summed E-state index contributed by atoms with van der Waals surface area (Å²) in [6.07, 6.45) is 4.14. The van der Waals surface area contributed by atoms with Gasteiger partial charge in [-0.1, -0.05) is 13.0 Å². The first-order valence-electron chi connectivity index (χ1n) is 6.73. The normalized spacial score (nSPS) is 12.4. The fourth-order valence-corrected chi connectivity index (χ4v) is 2.17. The molecule has 0 aliphatic heterocycles. The maximum Gasteiger partial charge on any atom is 0.134 e. The van der Waals surface area contributed by atoms with E-state index in [1.165, 1.54) is 12.1 Å². The van der Waals surface area contributed by atoms with Crippen molar-refractivity contribution < 1.29 is 8.78 Å². The van der Waals surface area contributed by atoms with Crippen LogP contribution >= 0.6 is 0 Å². The molecule has 0 amide bonds. The summed E-state index contributed by atoms with van der Waals surface area (Å²) in [6, 6.07) is 5.81. The third-order valence-electron chi connectivity index (χ3n) is 3.25. The van der Waals surface area contributed by atoms with E-state index in [0.717, 1.165) is 12.0 Å². The summed E-state index contributed by atoms with van der Waals surface area (Å²) < 4.78 is 28.4. The van der Waals surface area contributed by atoms with Crippen molar-refractivity contribution in [3.63, 3.8) is 0 Å². The van der Waals surface area contributed by atoms with Crippen LogP contribution in [0.4, 0.5) is 8.78 Å². The maximum atomic E-state index is 14.3. The fraction of sp³-hybridized carbons (Fsp3) is 0.312. The van der Waals surface area contributed by atoms with Crippen LogP contribution in [0.15, 0.2) is 36.7 Å². The summed E-state index contributed by atoms with van der Waals surface area (Å²) in [6.45, 7) is 4.33. The molecule has 2 aromatic rings. The number of aromatic nitrogens is 1. The van der Waals surface area contributed by atoms with Crippen LogP contribution in [-0.4, -0.2) is 11.5 Å². The van der Waals surface area contributed by atoms with Crippen molar-refractivity contribution in [2.24, 2.45) is 0 Å². The van der Waals surface area contributed by atoms with Crippen LogP contribution in [-0.2, 0) is 0 Å². The highest BCUT2D eigenvalue weighted by atomic mass is 19.1. The number of nitrogens with one attached hydrogen (secondary N) is 1. The molecule has 1 unspecified atom stereocenters. The monoisotopic (exact) mass is 276 g/mol. The highest BCUT2D eigenvalue weighted by Gasteiger charge is 2.22. The lowest BCUT2D eigenvalue weighted by Gasteiger charge is -2.21. The van der Waals surface area contributed by atoms with Gasteiger partial charge in [0, 0.05) is 18.0 Å². The zero-order chi connectivity index (χ0) is 14.5. The Balaban J connectivity index is 2.49. The van der Waals surface area contributed by atoms with Crippen molar-refractivity contribution in [1.29, 1.82) is 0 Å². The third-order valence-corrected chi connectivity index (χ3v) is 3.25. The fourth-order valence-electron chi connectivity index (χ4n) is 2.17. The zero-order valence-corrected chi connectivity index (χ0v) is 11.7. The molecule has 0 bridgehead atoms. The number of pyridine rings is 1. The topological polar surface area (TPSA) is 24.9 Å². The van der Waals surface area contributed by atoms with Crippen molar-refractivity contribution >= 4 is 0 Å². The van der Waals surface area contributed by atoms with Crippen molar-refractivity contribution in [1.82, 2.24) is 10.3 Å². The van der Waals surface area contributed by atoms with Gasteiger partial charge in [0.15, 0.2) is 0 Å². The minimum Gasteiger partial charge on any atom is -0.306 e. The SMILES string of the molecule is CCCNC(c1ccncc1)c1c(F)ccc(C)c1F. The molecule has 0 saturated heterocycles. The molecule has 4 heteroatoms. The summed E-state index contributed by atoms with van der Waals surface area (Å²) >= 11 is 0. The smallest absolute Gasteiger partial charge is 0.134 e. The molecule has 0 radical (unpaired) electrons. The molecule has 2 nitrogen and oxygen atoms in total. The molecule has 0 fully saturated rings. The van der Waals surface area contributed by atoms with Gasteiger partial charge in [0.1, 0.15) is 11.6 Å². The van der Waals surface area contributed by atoms with E-state index in [2.05, 4.69) is 10.3 Å². The van der Waals surface area contributed by atoms with Gasteiger partial charge in [-0.15, -0.1) is 0 Å². The van der Waals surface area contributed by atoms with Crippen LogP contribution in [0, 0.1) is 18.6 Å². The van der Waals surface area contributed by atoms with Gasteiger partial charge in [-0.2, -0.15) is 0 Å². The Morgan fingerprint density at radius 2 is 1.85 bits per heavy atom. The van der Waals surface area contributed by atoms with Gasteiger partial charge in [0.2, 0.25) is 0 Å². The van der Waals surface area contributed by atoms with E-state index in [-0.39, 0.29) is 5.56 Å². The lowest BCUT2D eigenvalue weighted by Crippen LogP contribution is -2.25. The maximum absolute atomic E-state index is 14.3. The lowest BCUT2D eigenvalue weighted by molar-refractivity contribution is 0.499. The van der Waals surface area contributed by atoms with Gasteiger partial charge in [-0.05, 0) is 49.2 Å². The van der Waals surface area contributed by atoms with Crippen molar-refractivity contribution in [3.8, 4) is 0 Å². The van der Waals surface area contributed by atoms with Crippen LogP contribution in [0.5, 0.6) is 0 Å². The van der Waals surface area contributed by atoms with Gasteiger partial charge < -0.3 is 5.32 Å². The zero-order valence-electron chi connectivity index (χ0n) is 11.7. The van der Waals surface area contributed by atoms with Gasteiger partial charge >= 0.3 is 0 Å². The number of hydrogen-bond acceptors (Lipinski definition) is 2. The van der Waals surface area contributed by atoms with Crippen LogP contribution in [0.3, 0.4) is 0 Å². The first kappa shape index (κ1) is 14.6. The van der Waals surface area contributed by atoms with E-state index in [1.54, 1.807) is 31.5 Å². The average Bonchev–Trinajstić information content (AvgIpc) is 2.47. The first-order valence-corrected chi connectivity index (χ1v) is 6.73. The summed E-state index contributed by atoms with van der Waals surface area (Å²) in [7, 11) is 0. The van der Waals surface area contributed by atoms with Crippen LogP contribution in [0.1, 0.15) is 36.1 Å². The molecule has 1 aromatic carbocycles. The number of aryl methyl sites for hydroxylation is 1. The van der Waals surface area contributed by atoms with Crippen molar-refractivity contribution in [3.05, 3.63) is 65.0 Å². The van der Waals surface area contributed by atoms with Crippen LogP contribution < -0.4 is 5.32 Å². The molecule has 0 aliphatic rings. The molecule has 20 heavy (non-hydrogen) atoms. The minimum absolute atomic E-state index is 0.0738. The Labute approximate surface area is 117 Å². The third kappa shape index (κ3) is 3.02. The Morgan fingerprint density at radius 3 is 2.50 bits per heavy atom. The van der Waals surface area contributed by atoms with E-state index >= 15 is 0 Å². The molecule has 1 aromatic heterocycles. The predicted molar refractivity (Wildman–Crippen MR) is 75.5 cm³/mol. The second kappa shape index (κ2) is 6.57. The molecule has 1 N–H and O–H groups in total. The highest BCUT2D eigenvalue weighted by Crippen LogP contribution is 2.28. The van der Waals surface area contributed by atoms with Gasteiger partial charge in [0.05, 0.1) is 6.04 Å². The Kier molecular flexibility index (Phi) is 4.79. The van der Waals surface area contributed by atoms with Crippen LogP contribution in [0.25, 0.3) is 0 Å². The summed E-state index contributed by atoms with van der Waals surface area (Å²) in [5, 5.41) is 3.20. The molecular weight excluding hydrogens is 258 g/mol. The Morgan fingerprint density at radius 1 is 1.15 bits per heavy atom. The molecule has 0 spiro atoms. The number of benzene rings is 1. The standard InChI is InChI=1S/C16H18F2N2/c1-3-8-20-16(12-6-9-19-10-7-12)14-13(17)5-4-11(2)15(14)18/h4-7,9-10,16,20H,3,8H2,1-2H3. The average molecular weight is 276 g/mol. The molecule has 106 valence electrons. The quantitative estimate of drug-likeness (QED) is 0.899. The van der Waals surface area contributed by atoms with E-state index in [4.69, 9.17) is 0 Å². The van der Waals surface area contributed by atoms with Crippen molar-refractivity contribution in [2.45, 2.75) is 26.3 Å². The molecular formula is C16H18F2N2. The van der Waals surface area contributed by atoms with E-state index in [0.29, 0.717) is 12.1 Å². The number of rotatable bonds is 5. The van der Waals surface area contributed by atoms with E-state index in [1.807, 2.05) is 6.92 Å². The molecule has 1 heterocycles. The van der Waals surface area contributed by atoms with E-state index in [9.17, 15) is 8.78 Å². The van der Waals surface area contributed by atoms with Gasteiger partial charge in [-0.25, -0.2) is 8.78 Å². The number of hydrogen-bond donors (Lipinski definition) is 1. The predicted octanol–water partition coefficient (Wildman–Crippen LogP) is 3.76. The number of halogens is 2. The van der Waals surface area contributed by atoms with Gasteiger partial charge in [0.25, 0.3) is 0 Å². The lowest BCUT2D eigenvalue weighted by atomic mass is 9.96. The van der Waals surface area contributed by atoms with Crippen molar-refractivity contribution in [2.75, 3.05) is 6.54 Å². The molecule has 1 atom stereocenters. The summed E-state index contributed by atoms with van der Waals surface area (Å²) in [5.41, 5.74) is 1.32. The van der Waals surface area contributed by atoms with E-state index < -0.39 is 17.7 Å². The Hall–Kier alpha value is -1.81. The molecule has 2 rings (SSSR count). The number of nitrogens with zero attached hydrogens (tertiary/aromatic N) is 1. The summed E-state index contributed by atoms with van der Waals surface area (Å²) in [5.74, 6) is -1.02. The Bertz CT molecular complexity index is 570.